The average molecular weight is 229 g/mol. The number of amidine groups is 1. The topological polar surface area (TPSA) is 62.3 Å². The Labute approximate surface area is 99.7 Å². The van der Waals surface area contributed by atoms with E-state index in [1.165, 1.54) is 0 Å². The highest BCUT2D eigenvalue weighted by Crippen LogP contribution is 1.99. The number of nitrogens with zero attached hydrogens (tertiary/aromatic N) is 1. The second-order valence-electron chi connectivity index (χ2n) is 4.50. The van der Waals surface area contributed by atoms with Crippen molar-refractivity contribution in [3.05, 3.63) is 0 Å². The molecule has 4 heteroatoms. The molecule has 16 heavy (non-hydrogen) atoms. The minimum absolute atomic E-state index is 0.263. The molecular formula is C12H27N3O. The number of hydrogen-bond donors (Lipinski definition) is 2. The Hall–Kier alpha value is -0.610. The molecule has 0 spiro atoms. The summed E-state index contributed by atoms with van der Waals surface area (Å²) in [5.74, 6) is 0.971. The van der Waals surface area contributed by atoms with Gasteiger partial charge in [0.05, 0.1) is 12.4 Å². The van der Waals surface area contributed by atoms with E-state index >= 15 is 0 Å². The van der Waals surface area contributed by atoms with Crippen molar-refractivity contribution in [1.29, 1.82) is 5.41 Å². The Morgan fingerprint density at radius 1 is 1.31 bits per heavy atom. The number of nitrogens with one attached hydrogen (secondary N) is 1. The molecule has 0 saturated carbocycles. The molecule has 0 aliphatic rings. The minimum atomic E-state index is 0.263. The van der Waals surface area contributed by atoms with Crippen molar-refractivity contribution in [1.82, 2.24) is 4.90 Å². The van der Waals surface area contributed by atoms with Crippen LogP contribution in [0.3, 0.4) is 0 Å². The molecule has 3 N–H and O–H groups in total. The molecule has 0 aromatic heterocycles. The van der Waals surface area contributed by atoms with Crippen LogP contribution in [-0.4, -0.2) is 43.6 Å². The van der Waals surface area contributed by atoms with Crippen LogP contribution in [0.2, 0.25) is 0 Å². The molecule has 0 fully saturated rings. The Balaban J connectivity index is 3.44. The number of nitrogens with two attached hydrogens (primary N) is 1. The van der Waals surface area contributed by atoms with Crippen LogP contribution in [0.1, 0.15) is 33.6 Å². The number of hydrogen-bond acceptors (Lipinski definition) is 3. The Morgan fingerprint density at radius 3 is 2.50 bits per heavy atom. The molecule has 4 nitrogen and oxygen atoms in total. The van der Waals surface area contributed by atoms with Gasteiger partial charge in [-0.25, -0.2) is 0 Å². The van der Waals surface area contributed by atoms with E-state index in [0.29, 0.717) is 12.3 Å². The van der Waals surface area contributed by atoms with Gasteiger partial charge in [0, 0.05) is 26.1 Å². The summed E-state index contributed by atoms with van der Waals surface area (Å²) in [5.41, 5.74) is 5.33. The minimum Gasteiger partial charge on any atom is -0.388 e. The van der Waals surface area contributed by atoms with Gasteiger partial charge in [-0.2, -0.15) is 0 Å². The molecule has 0 rings (SSSR count). The van der Waals surface area contributed by atoms with Crippen molar-refractivity contribution < 1.29 is 4.74 Å². The summed E-state index contributed by atoms with van der Waals surface area (Å²) in [6, 6.07) is 0. The third-order valence-corrected chi connectivity index (χ3v) is 2.54. The summed E-state index contributed by atoms with van der Waals surface area (Å²) in [6.45, 7) is 10.9. The van der Waals surface area contributed by atoms with E-state index in [-0.39, 0.29) is 5.84 Å². The summed E-state index contributed by atoms with van der Waals surface area (Å²) in [5, 5.41) is 7.17. The fraction of sp³-hybridized carbons (Fsp3) is 0.917. The third kappa shape index (κ3) is 9.93. The highest BCUT2D eigenvalue weighted by atomic mass is 16.5. The molecule has 0 aliphatic carbocycles. The van der Waals surface area contributed by atoms with Gasteiger partial charge < -0.3 is 15.4 Å². The molecule has 0 aromatic carbocycles. The number of rotatable bonds is 10. The lowest BCUT2D eigenvalue weighted by Crippen LogP contribution is -2.31. The standard InChI is InChI=1S/C12H27N3O/c1-4-15(7-5-12(13)14)8-10-16-9-6-11(2)3/h11H,4-10H2,1-3H3,(H3,13,14). The first kappa shape index (κ1) is 15.4. The molecular weight excluding hydrogens is 202 g/mol. The van der Waals surface area contributed by atoms with Crippen molar-refractivity contribution in [3.63, 3.8) is 0 Å². The van der Waals surface area contributed by atoms with Crippen LogP contribution < -0.4 is 5.73 Å². The predicted molar refractivity (Wildman–Crippen MR) is 68.9 cm³/mol. The summed E-state index contributed by atoms with van der Waals surface area (Å²) in [6.07, 6.45) is 1.78. The molecule has 0 aliphatic heterocycles. The largest absolute Gasteiger partial charge is 0.388 e. The van der Waals surface area contributed by atoms with Crippen LogP contribution in [0.15, 0.2) is 0 Å². The summed E-state index contributed by atoms with van der Waals surface area (Å²) >= 11 is 0. The van der Waals surface area contributed by atoms with Crippen molar-refractivity contribution in [2.24, 2.45) is 11.7 Å². The van der Waals surface area contributed by atoms with Crippen molar-refractivity contribution in [2.45, 2.75) is 33.6 Å². The SMILES string of the molecule is CCN(CCOCCC(C)C)CCC(=N)N. The van der Waals surface area contributed by atoms with Crippen LogP contribution in [-0.2, 0) is 4.74 Å². The molecule has 0 saturated heterocycles. The van der Waals surface area contributed by atoms with Crippen LogP contribution in [0.5, 0.6) is 0 Å². The van der Waals surface area contributed by atoms with E-state index in [4.69, 9.17) is 15.9 Å². The van der Waals surface area contributed by atoms with Crippen LogP contribution in [0.4, 0.5) is 0 Å². The molecule has 0 radical (unpaired) electrons. The van der Waals surface area contributed by atoms with E-state index in [1.807, 2.05) is 0 Å². The number of ether oxygens (including phenoxy) is 1. The zero-order valence-electron chi connectivity index (χ0n) is 11.0. The smallest absolute Gasteiger partial charge is 0.0918 e. The van der Waals surface area contributed by atoms with Gasteiger partial charge in [-0.15, -0.1) is 0 Å². The molecule has 0 amide bonds. The van der Waals surface area contributed by atoms with E-state index in [1.54, 1.807) is 0 Å². The zero-order chi connectivity index (χ0) is 12.4. The van der Waals surface area contributed by atoms with E-state index in [2.05, 4.69) is 25.7 Å². The zero-order valence-corrected chi connectivity index (χ0v) is 11.0. The quantitative estimate of drug-likeness (QED) is 0.340. The Kier molecular flexibility index (Phi) is 9.24. The van der Waals surface area contributed by atoms with Crippen molar-refractivity contribution >= 4 is 5.84 Å². The molecule has 0 atom stereocenters. The maximum atomic E-state index is 7.17. The monoisotopic (exact) mass is 229 g/mol. The van der Waals surface area contributed by atoms with E-state index in [9.17, 15) is 0 Å². The fourth-order valence-corrected chi connectivity index (χ4v) is 1.32. The van der Waals surface area contributed by atoms with Gasteiger partial charge >= 0.3 is 0 Å². The second kappa shape index (κ2) is 9.60. The Bertz CT molecular complexity index is 183. The summed E-state index contributed by atoms with van der Waals surface area (Å²) in [4.78, 5) is 2.26. The molecule has 0 bridgehead atoms. The van der Waals surface area contributed by atoms with Gasteiger partial charge in [0.2, 0.25) is 0 Å². The highest BCUT2D eigenvalue weighted by Gasteiger charge is 2.02. The maximum absolute atomic E-state index is 7.17. The van der Waals surface area contributed by atoms with Crippen LogP contribution in [0, 0.1) is 11.3 Å². The maximum Gasteiger partial charge on any atom is 0.0918 e. The molecule has 0 unspecified atom stereocenters. The molecule has 0 aromatic rings. The first-order chi connectivity index (χ1) is 7.56. The summed E-state index contributed by atoms with van der Waals surface area (Å²) in [7, 11) is 0. The first-order valence-corrected chi connectivity index (χ1v) is 6.19. The normalized spacial score (nSPS) is 11.3. The molecule has 96 valence electrons. The number of likely N-dealkylation sites (N-methyl/N-ethyl adjacent to an activating group) is 1. The van der Waals surface area contributed by atoms with Crippen LogP contribution in [0.25, 0.3) is 0 Å². The third-order valence-electron chi connectivity index (χ3n) is 2.54. The lowest BCUT2D eigenvalue weighted by atomic mass is 10.1. The van der Waals surface area contributed by atoms with Crippen LogP contribution >= 0.6 is 0 Å². The second-order valence-corrected chi connectivity index (χ2v) is 4.50. The molecule has 0 heterocycles. The Morgan fingerprint density at radius 2 is 2.00 bits per heavy atom. The highest BCUT2D eigenvalue weighted by molar-refractivity contribution is 5.76. The average Bonchev–Trinajstić information content (AvgIpc) is 2.21. The fourth-order valence-electron chi connectivity index (χ4n) is 1.32. The van der Waals surface area contributed by atoms with Gasteiger partial charge in [0.1, 0.15) is 0 Å². The van der Waals surface area contributed by atoms with Crippen molar-refractivity contribution in [3.8, 4) is 0 Å². The summed E-state index contributed by atoms with van der Waals surface area (Å²) < 4.78 is 5.56. The van der Waals surface area contributed by atoms with Gasteiger partial charge in [-0.3, -0.25) is 5.41 Å². The van der Waals surface area contributed by atoms with E-state index in [0.717, 1.165) is 39.3 Å². The van der Waals surface area contributed by atoms with Gasteiger partial charge in [-0.1, -0.05) is 20.8 Å². The van der Waals surface area contributed by atoms with Gasteiger partial charge in [-0.05, 0) is 18.9 Å². The van der Waals surface area contributed by atoms with Gasteiger partial charge in [0.15, 0.2) is 0 Å². The van der Waals surface area contributed by atoms with Crippen molar-refractivity contribution in [2.75, 3.05) is 32.8 Å². The first-order valence-electron chi connectivity index (χ1n) is 6.19. The van der Waals surface area contributed by atoms with E-state index < -0.39 is 0 Å². The lowest BCUT2D eigenvalue weighted by Gasteiger charge is -2.19. The lowest BCUT2D eigenvalue weighted by molar-refractivity contribution is 0.0983. The predicted octanol–water partition coefficient (Wildman–Crippen LogP) is 1.70. The van der Waals surface area contributed by atoms with Gasteiger partial charge in [0.25, 0.3) is 0 Å².